The highest BCUT2D eigenvalue weighted by atomic mass is 19.1. The molecule has 4 amide bonds. The predicted molar refractivity (Wildman–Crippen MR) is 211 cm³/mol. The average molecular weight is 816 g/mol. The topological polar surface area (TPSA) is 155 Å². The van der Waals surface area contributed by atoms with E-state index in [0.29, 0.717) is 81.5 Å². The van der Waals surface area contributed by atoms with Gasteiger partial charge in [-0.3, -0.25) is 29.4 Å². The highest BCUT2D eigenvalue weighted by molar-refractivity contribution is 6.05. The predicted octanol–water partition coefficient (Wildman–Crippen LogP) is 3.83. The minimum absolute atomic E-state index is 0.103. The van der Waals surface area contributed by atoms with E-state index in [1.54, 1.807) is 15.9 Å². The van der Waals surface area contributed by atoms with Crippen molar-refractivity contribution in [3.05, 3.63) is 59.2 Å². The fourth-order valence-electron chi connectivity index (χ4n) is 10.1. The molecule has 59 heavy (non-hydrogen) atoms. The fourth-order valence-corrected chi connectivity index (χ4v) is 10.1. The minimum atomic E-state index is -1.94. The number of aromatic nitrogens is 2. The number of carbonyl (C=O) groups is 4. The molecule has 312 valence electrons. The lowest BCUT2D eigenvalue weighted by Crippen LogP contribution is -2.69. The number of benzene rings is 2. The summed E-state index contributed by atoms with van der Waals surface area (Å²) in [7, 11) is 0. The molecular formula is C42H48F3N9O5. The van der Waals surface area contributed by atoms with Gasteiger partial charge in [0.25, 0.3) is 11.8 Å². The number of carbonyl (C=O) groups excluding carboxylic acids is 4. The number of rotatable bonds is 7. The van der Waals surface area contributed by atoms with Gasteiger partial charge in [0.2, 0.25) is 11.8 Å². The molecule has 9 rings (SSSR count). The van der Waals surface area contributed by atoms with Crippen LogP contribution in [0.5, 0.6) is 5.75 Å². The number of hydrogen-bond donors (Lipinski definition) is 3. The van der Waals surface area contributed by atoms with Crippen molar-refractivity contribution in [2.75, 3.05) is 74.0 Å². The van der Waals surface area contributed by atoms with Crippen molar-refractivity contribution in [3.8, 4) is 17.0 Å². The third-order valence-electron chi connectivity index (χ3n) is 13.6. The van der Waals surface area contributed by atoms with Gasteiger partial charge in [0.05, 0.1) is 16.9 Å². The first-order valence-electron chi connectivity index (χ1n) is 20.7. The molecule has 0 unspecified atom stereocenters. The molecule has 2 atom stereocenters. The number of phenols is 1. The van der Waals surface area contributed by atoms with Gasteiger partial charge >= 0.3 is 0 Å². The first kappa shape index (κ1) is 39.0. The van der Waals surface area contributed by atoms with Gasteiger partial charge in [-0.25, -0.2) is 13.2 Å². The SMILES string of the molecule is CC[C@@]12CNc3nnc(-c4cc(F)cc(F)c4O)cc3N1CCN(C(=O)C1(F)CCC(CN3CCN(c4ccc5c(c4)C(=O)N([C@H]4CCC(=O)NC4=O)C5)CC3)CC1)C2. The van der Waals surface area contributed by atoms with Crippen LogP contribution in [0.1, 0.15) is 67.8 Å². The monoisotopic (exact) mass is 815 g/mol. The summed E-state index contributed by atoms with van der Waals surface area (Å²) in [6.07, 6.45) is 2.73. The van der Waals surface area contributed by atoms with E-state index in [1.165, 1.54) is 0 Å². The summed E-state index contributed by atoms with van der Waals surface area (Å²) in [4.78, 5) is 61.5. The van der Waals surface area contributed by atoms with Crippen molar-refractivity contribution in [2.24, 2.45) is 5.92 Å². The molecule has 0 spiro atoms. The molecule has 3 N–H and O–H groups in total. The van der Waals surface area contributed by atoms with Crippen molar-refractivity contribution >= 4 is 40.8 Å². The van der Waals surface area contributed by atoms with Crippen LogP contribution >= 0.6 is 0 Å². The number of phenolic OH excluding ortho intramolecular Hbond substituents is 1. The van der Waals surface area contributed by atoms with Crippen molar-refractivity contribution < 1.29 is 37.5 Å². The summed E-state index contributed by atoms with van der Waals surface area (Å²) in [5.41, 5.74) is 0.524. The number of piperazine rings is 2. The summed E-state index contributed by atoms with van der Waals surface area (Å²) in [5.74, 6) is -3.31. The molecule has 5 aliphatic heterocycles. The molecule has 14 nitrogen and oxygen atoms in total. The number of piperidine rings is 1. The Labute approximate surface area is 339 Å². The van der Waals surface area contributed by atoms with Crippen molar-refractivity contribution in [2.45, 2.75) is 75.7 Å². The zero-order chi connectivity index (χ0) is 41.2. The van der Waals surface area contributed by atoms with Crippen LogP contribution in [0.15, 0.2) is 36.4 Å². The highest BCUT2D eigenvalue weighted by Crippen LogP contribution is 2.44. The van der Waals surface area contributed by atoms with Crippen LogP contribution in [0.4, 0.5) is 30.4 Å². The zero-order valence-corrected chi connectivity index (χ0v) is 33.0. The number of halogens is 3. The van der Waals surface area contributed by atoms with E-state index in [0.717, 1.165) is 50.0 Å². The normalized spacial score (nSPS) is 27.2. The van der Waals surface area contributed by atoms with Gasteiger partial charge in [-0.05, 0) is 74.3 Å². The van der Waals surface area contributed by atoms with E-state index >= 15 is 4.39 Å². The molecule has 0 radical (unpaired) electrons. The molecule has 0 bridgehead atoms. The number of amides is 4. The number of hydrogen-bond acceptors (Lipinski definition) is 11. The Kier molecular flexibility index (Phi) is 9.91. The summed E-state index contributed by atoms with van der Waals surface area (Å²) in [6, 6.07) is 8.50. The average Bonchev–Trinajstić information content (AvgIpc) is 3.57. The van der Waals surface area contributed by atoms with Gasteiger partial charge < -0.3 is 30.0 Å². The Bertz CT molecular complexity index is 2210. The van der Waals surface area contributed by atoms with E-state index < -0.39 is 46.4 Å². The number of nitrogens with one attached hydrogen (secondary N) is 2. The Morgan fingerprint density at radius 2 is 1.73 bits per heavy atom. The lowest BCUT2D eigenvalue weighted by atomic mass is 9.78. The maximum absolute atomic E-state index is 16.7. The molecule has 1 saturated carbocycles. The lowest BCUT2D eigenvalue weighted by molar-refractivity contribution is -0.149. The molecule has 4 fully saturated rings. The molecule has 2 aromatic carbocycles. The number of alkyl halides is 1. The van der Waals surface area contributed by atoms with E-state index in [9.17, 15) is 33.1 Å². The van der Waals surface area contributed by atoms with E-state index in [-0.39, 0.29) is 48.3 Å². The maximum atomic E-state index is 16.7. The van der Waals surface area contributed by atoms with Gasteiger partial charge in [-0.15, -0.1) is 10.2 Å². The van der Waals surface area contributed by atoms with Crippen LogP contribution in [0.25, 0.3) is 11.3 Å². The smallest absolute Gasteiger partial charge is 0.260 e. The fraction of sp³-hybridized carbons (Fsp3) is 0.524. The Balaban J connectivity index is 0.780. The number of imide groups is 1. The second-order valence-electron chi connectivity index (χ2n) is 17.0. The number of anilines is 3. The Hall–Kier alpha value is -5.45. The Morgan fingerprint density at radius 3 is 2.47 bits per heavy atom. The standard InChI is InChI=1S/C42H48F3N9O5/c1-2-41-23-46-37-34(20-32(48-49-37)30-17-27(43)18-31(44)36(30)56)54(41)16-15-52(24-41)40(59)42(45)9-7-25(8-10-42)21-50-11-13-51(14-12-50)28-4-3-26-22-53(39(58)29(26)19-28)33-5-6-35(55)47-38(33)57/h3-4,17-20,25,33,56H,2,5-16,21-24H2,1H3,(H,46,49)(H,47,55,57)/t25?,33-,41-,42?/m0/s1. The van der Waals surface area contributed by atoms with Gasteiger partial charge in [0.1, 0.15) is 11.9 Å². The molecule has 6 aliphatic rings. The van der Waals surface area contributed by atoms with Crippen LogP contribution in [0, 0.1) is 17.6 Å². The zero-order valence-electron chi connectivity index (χ0n) is 33.0. The second-order valence-corrected chi connectivity index (χ2v) is 17.0. The lowest BCUT2D eigenvalue weighted by Gasteiger charge is -2.55. The van der Waals surface area contributed by atoms with Crippen molar-refractivity contribution in [1.29, 1.82) is 0 Å². The van der Waals surface area contributed by atoms with Crippen LogP contribution in [-0.4, -0.2) is 130 Å². The molecule has 1 aliphatic carbocycles. The van der Waals surface area contributed by atoms with Crippen LogP contribution in [-0.2, 0) is 20.9 Å². The van der Waals surface area contributed by atoms with Crippen molar-refractivity contribution in [1.82, 2.24) is 30.2 Å². The van der Waals surface area contributed by atoms with Gasteiger partial charge in [0.15, 0.2) is 23.1 Å². The second kappa shape index (κ2) is 15.0. The first-order chi connectivity index (χ1) is 28.3. The summed E-state index contributed by atoms with van der Waals surface area (Å²) >= 11 is 0. The van der Waals surface area contributed by atoms with Gasteiger partial charge in [0, 0.05) is 94.7 Å². The molecule has 6 heterocycles. The highest BCUT2D eigenvalue weighted by Gasteiger charge is 2.51. The molecule has 3 saturated heterocycles. The van der Waals surface area contributed by atoms with E-state index in [1.807, 2.05) is 25.1 Å². The van der Waals surface area contributed by atoms with Crippen LogP contribution in [0.2, 0.25) is 0 Å². The van der Waals surface area contributed by atoms with Crippen LogP contribution < -0.4 is 20.4 Å². The quantitative estimate of drug-likeness (QED) is 0.299. The third kappa shape index (κ3) is 7.00. The third-order valence-corrected chi connectivity index (χ3v) is 13.6. The maximum Gasteiger partial charge on any atom is 0.260 e. The first-order valence-corrected chi connectivity index (χ1v) is 20.7. The minimum Gasteiger partial charge on any atom is -0.504 e. The summed E-state index contributed by atoms with van der Waals surface area (Å²) in [5, 5.41) is 24.3. The summed E-state index contributed by atoms with van der Waals surface area (Å²) < 4.78 is 45.0. The number of nitrogens with zero attached hydrogens (tertiary/aromatic N) is 7. The van der Waals surface area contributed by atoms with Crippen molar-refractivity contribution in [3.63, 3.8) is 0 Å². The van der Waals surface area contributed by atoms with E-state index in [4.69, 9.17) is 0 Å². The summed E-state index contributed by atoms with van der Waals surface area (Å²) in [6.45, 7) is 7.80. The Morgan fingerprint density at radius 1 is 0.949 bits per heavy atom. The van der Waals surface area contributed by atoms with Gasteiger partial charge in [-0.1, -0.05) is 13.0 Å². The number of fused-ring (bicyclic) bond motifs is 4. The van der Waals surface area contributed by atoms with Crippen LogP contribution in [0.3, 0.4) is 0 Å². The molecule has 1 aromatic heterocycles. The van der Waals surface area contributed by atoms with Gasteiger partial charge in [-0.2, -0.15) is 0 Å². The number of aromatic hydroxyl groups is 1. The molecular weight excluding hydrogens is 768 g/mol. The van der Waals surface area contributed by atoms with E-state index in [2.05, 4.69) is 35.5 Å². The largest absolute Gasteiger partial charge is 0.504 e. The molecule has 17 heteroatoms. The molecule has 3 aromatic rings.